The maximum Gasteiger partial charge on any atom is 0.322 e. The van der Waals surface area contributed by atoms with Gasteiger partial charge in [0.1, 0.15) is 0 Å². The van der Waals surface area contributed by atoms with Crippen molar-refractivity contribution in [3.8, 4) is 0 Å². The highest BCUT2D eigenvalue weighted by Gasteiger charge is 2.35. The predicted molar refractivity (Wildman–Crippen MR) is 68.2 cm³/mol. The number of sulfone groups is 1. The van der Waals surface area contributed by atoms with Crippen molar-refractivity contribution in [2.24, 2.45) is 5.92 Å². The Bertz CT molecular complexity index is 504. The predicted octanol–water partition coefficient (Wildman–Crippen LogP) is 2.43. The SMILES string of the molecule is CC(C)C(C(=O)O)S(=O)(=O)Cc1ccc(Cl)s1. The molecule has 0 aliphatic heterocycles. The largest absolute Gasteiger partial charge is 0.480 e. The van der Waals surface area contributed by atoms with E-state index in [2.05, 4.69) is 0 Å². The molecule has 0 saturated heterocycles. The molecule has 0 aliphatic rings. The van der Waals surface area contributed by atoms with Crippen molar-refractivity contribution >= 4 is 38.7 Å². The second-order valence-corrected chi connectivity index (χ2v) is 7.94. The smallest absolute Gasteiger partial charge is 0.322 e. The Morgan fingerprint density at radius 3 is 2.41 bits per heavy atom. The summed E-state index contributed by atoms with van der Waals surface area (Å²) in [7, 11) is -3.71. The summed E-state index contributed by atoms with van der Waals surface area (Å²) in [6, 6.07) is 3.20. The highest BCUT2D eigenvalue weighted by atomic mass is 35.5. The van der Waals surface area contributed by atoms with Crippen LogP contribution in [-0.2, 0) is 20.4 Å². The fraction of sp³-hybridized carbons (Fsp3) is 0.500. The lowest BCUT2D eigenvalue weighted by atomic mass is 10.1. The van der Waals surface area contributed by atoms with Gasteiger partial charge >= 0.3 is 5.97 Å². The number of rotatable bonds is 5. The van der Waals surface area contributed by atoms with E-state index in [0.29, 0.717) is 9.21 Å². The molecule has 0 amide bonds. The number of hydrogen-bond donors (Lipinski definition) is 1. The van der Waals surface area contributed by atoms with Crippen LogP contribution in [0.5, 0.6) is 0 Å². The number of carboxylic acid groups (broad SMARTS) is 1. The summed E-state index contributed by atoms with van der Waals surface area (Å²) in [4.78, 5) is 11.5. The minimum absolute atomic E-state index is 0.278. The molecule has 1 aromatic rings. The van der Waals surface area contributed by atoms with Gasteiger partial charge in [-0.15, -0.1) is 11.3 Å². The van der Waals surface area contributed by atoms with Gasteiger partial charge in [-0.3, -0.25) is 4.79 Å². The van der Waals surface area contributed by atoms with E-state index in [4.69, 9.17) is 16.7 Å². The third kappa shape index (κ3) is 3.69. The fourth-order valence-corrected chi connectivity index (χ4v) is 4.99. The summed E-state index contributed by atoms with van der Waals surface area (Å²) in [6.07, 6.45) is 0. The average molecular weight is 297 g/mol. The molecular weight excluding hydrogens is 284 g/mol. The molecule has 1 atom stereocenters. The van der Waals surface area contributed by atoms with Crippen molar-refractivity contribution in [2.45, 2.75) is 24.9 Å². The standard InChI is InChI=1S/C10H13ClO4S2/c1-6(2)9(10(12)13)17(14,15)5-7-3-4-8(11)16-7/h3-4,6,9H,5H2,1-2H3,(H,12,13). The topological polar surface area (TPSA) is 71.4 Å². The van der Waals surface area contributed by atoms with E-state index in [-0.39, 0.29) is 5.75 Å². The van der Waals surface area contributed by atoms with Gasteiger partial charge in [-0.25, -0.2) is 8.42 Å². The molecule has 17 heavy (non-hydrogen) atoms. The number of halogens is 1. The van der Waals surface area contributed by atoms with Crippen LogP contribution in [0.4, 0.5) is 0 Å². The van der Waals surface area contributed by atoms with Crippen LogP contribution in [0.15, 0.2) is 12.1 Å². The van der Waals surface area contributed by atoms with E-state index in [1.807, 2.05) is 0 Å². The van der Waals surface area contributed by atoms with Gasteiger partial charge in [0.25, 0.3) is 0 Å². The van der Waals surface area contributed by atoms with Gasteiger partial charge in [0.2, 0.25) is 0 Å². The van der Waals surface area contributed by atoms with Crippen LogP contribution in [0.1, 0.15) is 18.7 Å². The highest BCUT2D eigenvalue weighted by Crippen LogP contribution is 2.26. The third-order valence-corrected chi connectivity index (χ3v) is 5.86. The number of thiophene rings is 1. The second-order valence-electron chi connectivity index (χ2n) is 4.02. The molecule has 0 aliphatic carbocycles. The van der Waals surface area contributed by atoms with Gasteiger partial charge in [-0.2, -0.15) is 0 Å². The van der Waals surface area contributed by atoms with E-state index in [1.54, 1.807) is 26.0 Å². The molecular formula is C10H13ClO4S2. The van der Waals surface area contributed by atoms with Crippen LogP contribution in [0.25, 0.3) is 0 Å². The molecule has 0 spiro atoms. The van der Waals surface area contributed by atoms with Crippen molar-refractivity contribution in [2.75, 3.05) is 0 Å². The maximum atomic E-state index is 12.0. The Kier molecular flexibility index (Phi) is 4.57. The molecule has 0 fully saturated rings. The van der Waals surface area contributed by atoms with Gasteiger partial charge in [-0.1, -0.05) is 25.4 Å². The first-order valence-corrected chi connectivity index (χ1v) is 7.83. The summed E-state index contributed by atoms with van der Waals surface area (Å²) in [5.74, 6) is -2.05. The van der Waals surface area contributed by atoms with Crippen molar-refractivity contribution in [1.82, 2.24) is 0 Å². The van der Waals surface area contributed by atoms with Crippen molar-refractivity contribution in [1.29, 1.82) is 0 Å². The minimum Gasteiger partial charge on any atom is -0.480 e. The molecule has 0 bridgehead atoms. The van der Waals surface area contributed by atoms with Crippen molar-refractivity contribution < 1.29 is 18.3 Å². The minimum atomic E-state index is -3.71. The lowest BCUT2D eigenvalue weighted by Crippen LogP contribution is -2.35. The summed E-state index contributed by atoms with van der Waals surface area (Å²) in [5, 5.41) is 7.59. The van der Waals surface area contributed by atoms with E-state index in [9.17, 15) is 13.2 Å². The molecule has 1 aromatic heterocycles. The summed E-state index contributed by atoms with van der Waals surface area (Å²) in [5.41, 5.74) is 0. The van der Waals surface area contributed by atoms with Gasteiger partial charge in [0, 0.05) is 4.88 Å². The van der Waals surface area contributed by atoms with E-state index in [1.165, 1.54) is 0 Å². The Hall–Kier alpha value is -0.590. The quantitative estimate of drug-likeness (QED) is 0.906. The molecule has 1 unspecified atom stereocenters. The first-order valence-electron chi connectivity index (χ1n) is 4.92. The van der Waals surface area contributed by atoms with Crippen LogP contribution in [0.2, 0.25) is 4.34 Å². The van der Waals surface area contributed by atoms with E-state index >= 15 is 0 Å². The Morgan fingerprint density at radius 2 is 2.06 bits per heavy atom. The van der Waals surface area contributed by atoms with Crippen LogP contribution in [0.3, 0.4) is 0 Å². The van der Waals surface area contributed by atoms with Crippen LogP contribution in [0, 0.1) is 5.92 Å². The maximum absolute atomic E-state index is 12.0. The molecule has 96 valence electrons. The van der Waals surface area contributed by atoms with E-state index < -0.39 is 27.0 Å². The Balaban J connectivity index is 2.98. The normalized spacial score (nSPS) is 13.9. The second kappa shape index (κ2) is 5.37. The molecule has 1 N–H and O–H groups in total. The van der Waals surface area contributed by atoms with Gasteiger partial charge in [0.05, 0.1) is 10.1 Å². The van der Waals surface area contributed by atoms with Gasteiger partial charge in [-0.05, 0) is 18.1 Å². The lowest BCUT2D eigenvalue weighted by Gasteiger charge is -2.16. The number of carboxylic acids is 1. The van der Waals surface area contributed by atoms with E-state index in [0.717, 1.165) is 11.3 Å². The first kappa shape index (κ1) is 14.5. The average Bonchev–Trinajstić information content (AvgIpc) is 2.47. The summed E-state index contributed by atoms with van der Waals surface area (Å²) < 4.78 is 24.4. The van der Waals surface area contributed by atoms with Crippen LogP contribution >= 0.6 is 22.9 Å². The van der Waals surface area contributed by atoms with Crippen LogP contribution < -0.4 is 0 Å². The molecule has 0 aromatic carbocycles. The summed E-state index contributed by atoms with van der Waals surface area (Å²) in [6.45, 7) is 3.16. The number of hydrogen-bond acceptors (Lipinski definition) is 4. The first-order chi connectivity index (χ1) is 7.74. The van der Waals surface area contributed by atoms with Gasteiger partial charge in [0.15, 0.2) is 15.1 Å². The Morgan fingerprint density at radius 1 is 1.47 bits per heavy atom. The molecule has 0 radical (unpaired) electrons. The fourth-order valence-electron chi connectivity index (χ4n) is 1.57. The lowest BCUT2D eigenvalue weighted by molar-refractivity contribution is -0.137. The monoisotopic (exact) mass is 296 g/mol. The zero-order chi connectivity index (χ0) is 13.2. The molecule has 4 nitrogen and oxygen atoms in total. The zero-order valence-electron chi connectivity index (χ0n) is 9.38. The zero-order valence-corrected chi connectivity index (χ0v) is 11.8. The summed E-state index contributed by atoms with van der Waals surface area (Å²) >= 11 is 6.85. The van der Waals surface area contributed by atoms with Gasteiger partial charge < -0.3 is 5.11 Å². The number of aliphatic carboxylic acids is 1. The molecule has 7 heteroatoms. The molecule has 0 saturated carbocycles. The molecule has 1 heterocycles. The third-order valence-electron chi connectivity index (χ3n) is 2.21. The number of carbonyl (C=O) groups is 1. The van der Waals surface area contributed by atoms with Crippen molar-refractivity contribution in [3.05, 3.63) is 21.3 Å². The van der Waals surface area contributed by atoms with Crippen molar-refractivity contribution in [3.63, 3.8) is 0 Å². The Labute approximate surface area is 109 Å². The molecule has 1 rings (SSSR count). The highest BCUT2D eigenvalue weighted by molar-refractivity contribution is 7.92. The van der Waals surface area contributed by atoms with Crippen LogP contribution in [-0.4, -0.2) is 24.7 Å².